The van der Waals surface area contributed by atoms with Gasteiger partial charge >= 0.3 is 0 Å². The van der Waals surface area contributed by atoms with E-state index in [4.69, 9.17) is 16.3 Å². The molecule has 2 amide bonds. The summed E-state index contributed by atoms with van der Waals surface area (Å²) in [4.78, 5) is 25.4. The standard InChI is InChI=1S/C22H25ClN2O3S/c1-29-11-10-19(25-21(26)17-7-3-4-8-18(17)23)22(27)24-13-15-12-16-6-2-5-9-20(16)28-14-15/h2-9,15,19H,10-14H2,1H3,(H,24,27)(H,25,26). The minimum absolute atomic E-state index is 0.182. The highest BCUT2D eigenvalue weighted by Crippen LogP contribution is 2.26. The zero-order valence-corrected chi connectivity index (χ0v) is 17.9. The Morgan fingerprint density at radius 1 is 1.21 bits per heavy atom. The number of rotatable bonds is 8. The second-order valence-electron chi connectivity index (χ2n) is 7.02. The molecule has 0 saturated heterocycles. The van der Waals surface area contributed by atoms with Crippen LogP contribution in [0.4, 0.5) is 0 Å². The van der Waals surface area contributed by atoms with Gasteiger partial charge in [-0.2, -0.15) is 11.8 Å². The summed E-state index contributed by atoms with van der Waals surface area (Å²) >= 11 is 7.75. The Labute approximate surface area is 180 Å². The number of carbonyl (C=O) groups is 2. The molecule has 5 nitrogen and oxygen atoms in total. The summed E-state index contributed by atoms with van der Waals surface area (Å²) in [5.41, 5.74) is 1.53. The van der Waals surface area contributed by atoms with Crippen molar-refractivity contribution in [3.05, 3.63) is 64.7 Å². The maximum absolute atomic E-state index is 12.8. The Balaban J connectivity index is 1.58. The highest BCUT2D eigenvalue weighted by atomic mass is 35.5. The van der Waals surface area contributed by atoms with Gasteiger partial charge in [0.1, 0.15) is 11.8 Å². The molecule has 1 heterocycles. The molecular formula is C22H25ClN2O3S. The largest absolute Gasteiger partial charge is 0.493 e. The molecule has 7 heteroatoms. The van der Waals surface area contributed by atoms with E-state index in [1.54, 1.807) is 36.0 Å². The van der Waals surface area contributed by atoms with Crippen LogP contribution in [-0.2, 0) is 11.2 Å². The molecule has 0 spiro atoms. The fourth-order valence-electron chi connectivity index (χ4n) is 3.28. The molecule has 2 N–H and O–H groups in total. The van der Waals surface area contributed by atoms with Crippen LogP contribution in [0.1, 0.15) is 22.3 Å². The maximum atomic E-state index is 12.8. The van der Waals surface area contributed by atoms with Crippen LogP contribution in [0.2, 0.25) is 5.02 Å². The van der Waals surface area contributed by atoms with E-state index in [9.17, 15) is 9.59 Å². The van der Waals surface area contributed by atoms with Crippen LogP contribution >= 0.6 is 23.4 Å². The van der Waals surface area contributed by atoms with Crippen molar-refractivity contribution in [2.24, 2.45) is 5.92 Å². The first kappa shape index (κ1) is 21.5. The van der Waals surface area contributed by atoms with Gasteiger partial charge in [-0.25, -0.2) is 0 Å². The summed E-state index contributed by atoms with van der Waals surface area (Å²) in [6.45, 7) is 1.07. The fraction of sp³-hybridized carbons (Fsp3) is 0.364. The number of carbonyl (C=O) groups excluding carboxylic acids is 2. The van der Waals surface area contributed by atoms with E-state index in [0.29, 0.717) is 30.2 Å². The van der Waals surface area contributed by atoms with E-state index in [1.165, 1.54) is 0 Å². The van der Waals surface area contributed by atoms with Gasteiger partial charge in [-0.15, -0.1) is 0 Å². The van der Waals surface area contributed by atoms with Crippen molar-refractivity contribution < 1.29 is 14.3 Å². The zero-order valence-electron chi connectivity index (χ0n) is 16.3. The van der Waals surface area contributed by atoms with Crippen LogP contribution in [-0.4, -0.2) is 43.0 Å². The zero-order chi connectivity index (χ0) is 20.6. The Kier molecular flexibility index (Phi) is 7.83. The minimum Gasteiger partial charge on any atom is -0.493 e. The van der Waals surface area contributed by atoms with E-state index in [-0.39, 0.29) is 17.7 Å². The Morgan fingerprint density at radius 2 is 1.97 bits per heavy atom. The van der Waals surface area contributed by atoms with Crippen molar-refractivity contribution in [2.75, 3.05) is 25.2 Å². The summed E-state index contributed by atoms with van der Waals surface area (Å²) in [5.74, 6) is 1.36. The summed E-state index contributed by atoms with van der Waals surface area (Å²) in [6, 6.07) is 14.2. The van der Waals surface area contributed by atoms with Gasteiger partial charge in [-0.05, 0) is 48.6 Å². The lowest BCUT2D eigenvalue weighted by atomic mass is 9.96. The number of benzene rings is 2. The van der Waals surface area contributed by atoms with Gasteiger partial charge in [0.05, 0.1) is 17.2 Å². The number of hydrogen-bond donors (Lipinski definition) is 2. The molecule has 0 radical (unpaired) electrons. The molecular weight excluding hydrogens is 408 g/mol. The van der Waals surface area contributed by atoms with Crippen molar-refractivity contribution >= 4 is 35.2 Å². The smallest absolute Gasteiger partial charge is 0.253 e. The Bertz CT molecular complexity index is 861. The number of nitrogens with one attached hydrogen (secondary N) is 2. The molecule has 2 unspecified atom stereocenters. The molecule has 154 valence electrons. The van der Waals surface area contributed by atoms with E-state index in [1.807, 2.05) is 24.5 Å². The second kappa shape index (κ2) is 10.6. The fourth-order valence-corrected chi connectivity index (χ4v) is 3.97. The first-order valence-electron chi connectivity index (χ1n) is 9.61. The molecule has 0 aliphatic carbocycles. The van der Waals surface area contributed by atoms with Crippen LogP contribution in [0.5, 0.6) is 5.75 Å². The van der Waals surface area contributed by atoms with E-state index < -0.39 is 6.04 Å². The maximum Gasteiger partial charge on any atom is 0.253 e. The summed E-state index contributed by atoms with van der Waals surface area (Å²) in [7, 11) is 0. The topological polar surface area (TPSA) is 67.4 Å². The number of ether oxygens (including phenoxy) is 1. The first-order valence-corrected chi connectivity index (χ1v) is 11.4. The van der Waals surface area contributed by atoms with Gasteiger partial charge in [0.15, 0.2) is 0 Å². The predicted octanol–water partition coefficient (Wildman–Crippen LogP) is 3.56. The molecule has 2 aromatic rings. The van der Waals surface area contributed by atoms with Crippen molar-refractivity contribution in [3.8, 4) is 5.75 Å². The second-order valence-corrected chi connectivity index (χ2v) is 8.41. The normalized spacial score (nSPS) is 16.3. The molecule has 0 fully saturated rings. The van der Waals surface area contributed by atoms with Crippen LogP contribution in [0.15, 0.2) is 48.5 Å². The molecule has 2 atom stereocenters. The molecule has 3 rings (SSSR count). The van der Waals surface area contributed by atoms with Gasteiger partial charge in [-0.1, -0.05) is 41.9 Å². The summed E-state index contributed by atoms with van der Waals surface area (Å²) in [5, 5.41) is 6.19. The van der Waals surface area contributed by atoms with Crippen LogP contribution in [0, 0.1) is 5.92 Å². The van der Waals surface area contributed by atoms with Gasteiger partial charge < -0.3 is 15.4 Å². The molecule has 0 saturated carbocycles. The Morgan fingerprint density at radius 3 is 2.76 bits per heavy atom. The van der Waals surface area contributed by atoms with Crippen LogP contribution < -0.4 is 15.4 Å². The van der Waals surface area contributed by atoms with Gasteiger partial charge in [0.25, 0.3) is 5.91 Å². The number of halogens is 1. The summed E-state index contributed by atoms with van der Waals surface area (Å²) < 4.78 is 5.79. The SMILES string of the molecule is CSCCC(NC(=O)c1ccccc1Cl)C(=O)NCC1COc2ccccc2C1. The van der Waals surface area contributed by atoms with E-state index in [2.05, 4.69) is 16.7 Å². The van der Waals surface area contributed by atoms with Crippen molar-refractivity contribution in [2.45, 2.75) is 18.9 Å². The predicted molar refractivity (Wildman–Crippen MR) is 118 cm³/mol. The number of hydrogen-bond acceptors (Lipinski definition) is 4. The van der Waals surface area contributed by atoms with Crippen molar-refractivity contribution in [3.63, 3.8) is 0 Å². The number of fused-ring (bicyclic) bond motifs is 1. The highest BCUT2D eigenvalue weighted by molar-refractivity contribution is 7.98. The third-order valence-corrected chi connectivity index (χ3v) is 5.85. The molecule has 0 bridgehead atoms. The minimum atomic E-state index is -0.608. The molecule has 1 aliphatic rings. The monoisotopic (exact) mass is 432 g/mol. The lowest BCUT2D eigenvalue weighted by Crippen LogP contribution is -2.48. The number of para-hydroxylation sites is 1. The number of thioether (sulfide) groups is 1. The van der Waals surface area contributed by atoms with E-state index >= 15 is 0 Å². The molecule has 0 aromatic heterocycles. The van der Waals surface area contributed by atoms with Gasteiger partial charge in [0.2, 0.25) is 5.91 Å². The molecule has 29 heavy (non-hydrogen) atoms. The lowest BCUT2D eigenvalue weighted by Gasteiger charge is -2.26. The lowest BCUT2D eigenvalue weighted by molar-refractivity contribution is -0.123. The van der Waals surface area contributed by atoms with Gasteiger partial charge in [-0.3, -0.25) is 9.59 Å². The van der Waals surface area contributed by atoms with Crippen molar-refractivity contribution in [1.82, 2.24) is 10.6 Å². The quantitative estimate of drug-likeness (QED) is 0.669. The third kappa shape index (κ3) is 5.90. The average molecular weight is 433 g/mol. The van der Waals surface area contributed by atoms with Crippen LogP contribution in [0.3, 0.4) is 0 Å². The average Bonchev–Trinajstić information content (AvgIpc) is 2.75. The molecule has 2 aromatic carbocycles. The molecule has 1 aliphatic heterocycles. The highest BCUT2D eigenvalue weighted by Gasteiger charge is 2.24. The van der Waals surface area contributed by atoms with Crippen LogP contribution in [0.25, 0.3) is 0 Å². The summed E-state index contributed by atoms with van der Waals surface area (Å²) in [6.07, 6.45) is 3.38. The van der Waals surface area contributed by atoms with Gasteiger partial charge in [0, 0.05) is 12.5 Å². The van der Waals surface area contributed by atoms with E-state index in [0.717, 1.165) is 23.5 Å². The Hall–Kier alpha value is -2.18. The first-order chi connectivity index (χ1) is 14.1. The van der Waals surface area contributed by atoms with Crippen molar-refractivity contribution in [1.29, 1.82) is 0 Å². The number of amides is 2. The third-order valence-electron chi connectivity index (χ3n) is 4.87.